The van der Waals surface area contributed by atoms with Crippen molar-refractivity contribution in [2.24, 2.45) is 0 Å². The maximum atomic E-state index is 11.2. The van der Waals surface area contributed by atoms with Gasteiger partial charge in [0.1, 0.15) is 5.58 Å². The second kappa shape index (κ2) is 3.48. The first-order valence-electron chi connectivity index (χ1n) is 5.43. The van der Waals surface area contributed by atoms with Gasteiger partial charge in [0.15, 0.2) is 11.5 Å². The van der Waals surface area contributed by atoms with Gasteiger partial charge in [0.2, 0.25) is 0 Å². The van der Waals surface area contributed by atoms with Gasteiger partial charge >= 0.3 is 0 Å². The first kappa shape index (κ1) is 10.9. The molecule has 0 amide bonds. The molecule has 0 bridgehead atoms. The number of rotatable bonds is 1. The van der Waals surface area contributed by atoms with Crippen molar-refractivity contribution in [3.8, 4) is 0 Å². The van der Waals surface area contributed by atoms with Gasteiger partial charge in [0, 0.05) is 12.3 Å². The van der Waals surface area contributed by atoms with E-state index in [0.29, 0.717) is 5.76 Å². The Hall–Kier alpha value is -1.57. The zero-order chi connectivity index (χ0) is 11.9. The molecule has 0 N–H and O–H groups in total. The van der Waals surface area contributed by atoms with Crippen LogP contribution in [0.3, 0.4) is 0 Å². The molecule has 1 heterocycles. The molecule has 0 fully saturated rings. The predicted molar refractivity (Wildman–Crippen MR) is 64.9 cm³/mol. The topological polar surface area (TPSA) is 30.2 Å². The highest BCUT2D eigenvalue weighted by Crippen LogP contribution is 2.27. The Morgan fingerprint density at radius 3 is 2.44 bits per heavy atom. The summed E-state index contributed by atoms with van der Waals surface area (Å²) in [6.07, 6.45) is 0. The van der Waals surface area contributed by atoms with Crippen molar-refractivity contribution in [3.05, 3.63) is 35.6 Å². The summed E-state index contributed by atoms with van der Waals surface area (Å²) in [6.45, 7) is 8.02. The lowest BCUT2D eigenvalue weighted by Gasteiger charge is -2.18. The number of hydrogen-bond acceptors (Lipinski definition) is 2. The number of furan rings is 1. The molecule has 0 spiro atoms. The number of benzene rings is 1. The molecule has 0 aliphatic carbocycles. The summed E-state index contributed by atoms with van der Waals surface area (Å²) < 4.78 is 5.45. The van der Waals surface area contributed by atoms with Gasteiger partial charge in [0.05, 0.1) is 0 Å². The molecule has 0 saturated heterocycles. The number of Topliss-reactive ketones (excluding diaryl/α,β-unsaturated/α-hetero) is 1. The molecular formula is C14H16O2. The summed E-state index contributed by atoms with van der Waals surface area (Å²) in [5, 5.41) is 0.998. The van der Waals surface area contributed by atoms with Crippen LogP contribution in [0, 0.1) is 0 Å². The van der Waals surface area contributed by atoms with Crippen molar-refractivity contribution in [1.29, 1.82) is 0 Å². The number of carbonyl (C=O) groups excluding carboxylic acids is 1. The molecule has 0 atom stereocenters. The van der Waals surface area contributed by atoms with Gasteiger partial charge < -0.3 is 4.42 Å². The molecule has 2 aromatic rings. The molecular weight excluding hydrogens is 200 g/mol. The van der Waals surface area contributed by atoms with E-state index in [9.17, 15) is 4.79 Å². The smallest absolute Gasteiger partial charge is 0.194 e. The normalized spacial score (nSPS) is 12.0. The van der Waals surface area contributed by atoms with Crippen LogP contribution in [0.4, 0.5) is 0 Å². The number of ketones is 1. The lowest BCUT2D eigenvalue weighted by Crippen LogP contribution is -2.10. The van der Waals surface area contributed by atoms with Crippen LogP contribution in [-0.2, 0) is 5.41 Å². The maximum absolute atomic E-state index is 11.2. The van der Waals surface area contributed by atoms with Crippen LogP contribution < -0.4 is 0 Å². The molecule has 0 unspecified atom stereocenters. The van der Waals surface area contributed by atoms with E-state index in [1.807, 2.05) is 12.1 Å². The van der Waals surface area contributed by atoms with Gasteiger partial charge in [-0.05, 0) is 29.2 Å². The van der Waals surface area contributed by atoms with Crippen molar-refractivity contribution in [1.82, 2.24) is 0 Å². The maximum Gasteiger partial charge on any atom is 0.194 e. The molecule has 2 nitrogen and oxygen atoms in total. The summed E-state index contributed by atoms with van der Waals surface area (Å²) in [4.78, 5) is 11.2. The van der Waals surface area contributed by atoms with Crippen molar-refractivity contribution < 1.29 is 9.21 Å². The van der Waals surface area contributed by atoms with Crippen molar-refractivity contribution >= 4 is 16.8 Å². The second-order valence-corrected chi connectivity index (χ2v) is 5.17. The van der Waals surface area contributed by atoms with Crippen molar-refractivity contribution in [2.75, 3.05) is 0 Å². The van der Waals surface area contributed by atoms with Gasteiger partial charge in [-0.15, -0.1) is 0 Å². The first-order chi connectivity index (χ1) is 7.38. The Balaban J connectivity index is 2.58. The lowest BCUT2D eigenvalue weighted by molar-refractivity contribution is 0.0989. The third-order valence-corrected chi connectivity index (χ3v) is 2.73. The highest BCUT2D eigenvalue weighted by Gasteiger charge is 2.15. The van der Waals surface area contributed by atoms with Crippen LogP contribution in [-0.4, -0.2) is 5.78 Å². The molecule has 84 valence electrons. The van der Waals surface area contributed by atoms with E-state index in [2.05, 4.69) is 32.9 Å². The van der Waals surface area contributed by atoms with Crippen molar-refractivity contribution in [2.45, 2.75) is 33.1 Å². The van der Waals surface area contributed by atoms with E-state index < -0.39 is 0 Å². The Bertz CT molecular complexity index is 541. The molecule has 0 saturated carbocycles. The van der Waals surface area contributed by atoms with Gasteiger partial charge in [-0.3, -0.25) is 4.79 Å². The molecule has 0 aliphatic heterocycles. The standard InChI is InChI=1S/C14H16O2/c1-9(15)13-8-10-7-11(14(2,3)4)5-6-12(10)16-13/h5-8H,1-4H3. The van der Waals surface area contributed by atoms with Crippen LogP contribution in [0.2, 0.25) is 0 Å². The van der Waals surface area contributed by atoms with Crippen LogP contribution in [0.25, 0.3) is 11.0 Å². The third-order valence-electron chi connectivity index (χ3n) is 2.73. The van der Waals surface area contributed by atoms with E-state index in [1.54, 1.807) is 0 Å². The monoisotopic (exact) mass is 216 g/mol. The first-order valence-corrected chi connectivity index (χ1v) is 5.43. The molecule has 16 heavy (non-hydrogen) atoms. The number of hydrogen-bond donors (Lipinski definition) is 0. The second-order valence-electron chi connectivity index (χ2n) is 5.17. The molecule has 0 radical (unpaired) electrons. The van der Waals surface area contributed by atoms with Crippen LogP contribution >= 0.6 is 0 Å². The van der Waals surface area contributed by atoms with E-state index in [4.69, 9.17) is 4.42 Å². The van der Waals surface area contributed by atoms with Gasteiger partial charge in [-0.25, -0.2) is 0 Å². The van der Waals surface area contributed by atoms with Crippen molar-refractivity contribution in [3.63, 3.8) is 0 Å². The quantitative estimate of drug-likeness (QED) is 0.676. The van der Waals surface area contributed by atoms with E-state index >= 15 is 0 Å². The lowest BCUT2D eigenvalue weighted by atomic mass is 9.86. The van der Waals surface area contributed by atoms with Crippen LogP contribution in [0.15, 0.2) is 28.7 Å². The molecule has 2 heteroatoms. The summed E-state index contributed by atoms with van der Waals surface area (Å²) >= 11 is 0. The van der Waals surface area contributed by atoms with E-state index in [-0.39, 0.29) is 11.2 Å². The van der Waals surface area contributed by atoms with E-state index in [0.717, 1.165) is 11.0 Å². The summed E-state index contributed by atoms with van der Waals surface area (Å²) in [5.74, 6) is 0.398. The van der Waals surface area contributed by atoms with Gasteiger partial charge in [0.25, 0.3) is 0 Å². The molecule has 2 rings (SSSR count). The summed E-state index contributed by atoms with van der Waals surface area (Å²) in [7, 11) is 0. The fourth-order valence-corrected chi connectivity index (χ4v) is 1.68. The predicted octanol–water partition coefficient (Wildman–Crippen LogP) is 3.93. The highest BCUT2D eigenvalue weighted by atomic mass is 16.3. The van der Waals surface area contributed by atoms with E-state index in [1.165, 1.54) is 12.5 Å². The molecule has 1 aromatic heterocycles. The average Bonchev–Trinajstić information content (AvgIpc) is 2.58. The summed E-state index contributed by atoms with van der Waals surface area (Å²) in [6, 6.07) is 7.89. The fraction of sp³-hybridized carbons (Fsp3) is 0.357. The summed E-state index contributed by atoms with van der Waals surface area (Å²) in [5.41, 5.74) is 2.14. The average molecular weight is 216 g/mol. The highest BCUT2D eigenvalue weighted by molar-refractivity contribution is 5.96. The minimum Gasteiger partial charge on any atom is -0.453 e. The Labute approximate surface area is 95.3 Å². The molecule has 0 aliphatic rings. The zero-order valence-corrected chi connectivity index (χ0v) is 10.1. The van der Waals surface area contributed by atoms with Crippen LogP contribution in [0.5, 0.6) is 0 Å². The largest absolute Gasteiger partial charge is 0.453 e. The van der Waals surface area contributed by atoms with Gasteiger partial charge in [-0.1, -0.05) is 26.8 Å². The SMILES string of the molecule is CC(=O)c1cc2cc(C(C)(C)C)ccc2o1. The fourth-order valence-electron chi connectivity index (χ4n) is 1.68. The number of carbonyl (C=O) groups is 1. The van der Waals surface area contributed by atoms with Gasteiger partial charge in [-0.2, -0.15) is 0 Å². The Kier molecular flexibility index (Phi) is 2.38. The Morgan fingerprint density at radius 2 is 1.88 bits per heavy atom. The third kappa shape index (κ3) is 1.87. The zero-order valence-electron chi connectivity index (χ0n) is 10.1. The minimum absolute atomic E-state index is 0.0338. The van der Waals surface area contributed by atoms with Crippen LogP contribution in [0.1, 0.15) is 43.8 Å². The Morgan fingerprint density at radius 1 is 1.19 bits per heavy atom. The molecule has 1 aromatic carbocycles. The minimum atomic E-state index is -0.0338. The number of fused-ring (bicyclic) bond motifs is 1.